The molecule has 1 heterocycles. The van der Waals surface area contributed by atoms with E-state index in [1.807, 2.05) is 0 Å². The average Bonchev–Trinajstić information content (AvgIpc) is 2.45. The molecule has 0 unspecified atom stereocenters. The summed E-state index contributed by atoms with van der Waals surface area (Å²) in [5, 5.41) is 3.65. The topological polar surface area (TPSA) is 75.3 Å². The van der Waals surface area contributed by atoms with Crippen molar-refractivity contribution in [1.29, 1.82) is 0 Å². The first-order valence-corrected chi connectivity index (χ1v) is 6.51. The molecule has 0 bridgehead atoms. The highest BCUT2D eigenvalue weighted by Crippen LogP contribution is 2.29. The van der Waals surface area contributed by atoms with E-state index in [1.165, 1.54) is 20.2 Å². The van der Waals surface area contributed by atoms with Crippen molar-refractivity contribution in [2.75, 3.05) is 13.9 Å². The first-order chi connectivity index (χ1) is 9.95. The van der Waals surface area contributed by atoms with Crippen molar-refractivity contribution in [2.24, 2.45) is 7.05 Å². The van der Waals surface area contributed by atoms with E-state index in [0.717, 1.165) is 21.5 Å². The van der Waals surface area contributed by atoms with Crippen LogP contribution in [0.4, 0.5) is 4.39 Å². The standard InChI is InChI=1S/C12H11BrFN3O4/c1-16-11(18)5-15-17(12(16)19)9-4-10(21-6-20-2)7(13)3-8(9)14/h3-5H,6H2,1-2H3. The van der Waals surface area contributed by atoms with Crippen LogP contribution in [0.1, 0.15) is 0 Å². The Morgan fingerprint density at radius 2 is 2.10 bits per heavy atom. The zero-order valence-corrected chi connectivity index (χ0v) is 12.8. The summed E-state index contributed by atoms with van der Waals surface area (Å²) in [5.74, 6) is -0.421. The summed E-state index contributed by atoms with van der Waals surface area (Å²) < 4.78 is 26.0. The molecule has 0 amide bonds. The van der Waals surface area contributed by atoms with Gasteiger partial charge < -0.3 is 9.47 Å². The maximum absolute atomic E-state index is 14.0. The van der Waals surface area contributed by atoms with Gasteiger partial charge in [-0.1, -0.05) is 0 Å². The number of aromatic nitrogens is 3. The molecule has 0 spiro atoms. The van der Waals surface area contributed by atoms with Crippen LogP contribution in [0.3, 0.4) is 0 Å². The molecule has 0 N–H and O–H groups in total. The lowest BCUT2D eigenvalue weighted by Gasteiger charge is -2.11. The Kier molecular flexibility index (Phi) is 4.53. The molecule has 1 aromatic heterocycles. The minimum Gasteiger partial charge on any atom is -0.466 e. The minimum atomic E-state index is -0.763. The molecular weight excluding hydrogens is 349 g/mol. The largest absolute Gasteiger partial charge is 0.466 e. The summed E-state index contributed by atoms with van der Waals surface area (Å²) in [6, 6.07) is 2.43. The third-order valence-corrected chi connectivity index (χ3v) is 3.26. The van der Waals surface area contributed by atoms with E-state index in [4.69, 9.17) is 9.47 Å². The second-order valence-electron chi connectivity index (χ2n) is 4.02. The predicted molar refractivity (Wildman–Crippen MR) is 75.2 cm³/mol. The summed E-state index contributed by atoms with van der Waals surface area (Å²) in [5.41, 5.74) is -1.48. The van der Waals surface area contributed by atoms with E-state index in [2.05, 4.69) is 21.0 Å². The lowest BCUT2D eigenvalue weighted by molar-refractivity contribution is 0.0505. The number of rotatable bonds is 4. The molecule has 0 saturated heterocycles. The number of benzene rings is 1. The number of methoxy groups -OCH3 is 1. The van der Waals surface area contributed by atoms with Gasteiger partial charge in [0.05, 0.1) is 4.47 Å². The van der Waals surface area contributed by atoms with Gasteiger partial charge in [-0.3, -0.25) is 9.36 Å². The molecule has 9 heteroatoms. The van der Waals surface area contributed by atoms with E-state index in [9.17, 15) is 14.0 Å². The Labute approximate surface area is 126 Å². The van der Waals surface area contributed by atoms with Crippen molar-refractivity contribution >= 4 is 15.9 Å². The summed E-state index contributed by atoms with van der Waals surface area (Å²) >= 11 is 3.15. The molecule has 21 heavy (non-hydrogen) atoms. The number of halogens is 2. The lowest BCUT2D eigenvalue weighted by atomic mass is 10.3. The summed E-state index contributed by atoms with van der Waals surface area (Å²) in [4.78, 5) is 23.3. The van der Waals surface area contributed by atoms with Crippen molar-refractivity contribution in [3.63, 3.8) is 0 Å². The van der Waals surface area contributed by atoms with E-state index in [-0.39, 0.29) is 18.2 Å². The fourth-order valence-corrected chi connectivity index (χ4v) is 1.99. The van der Waals surface area contributed by atoms with Gasteiger partial charge in [-0.25, -0.2) is 9.18 Å². The van der Waals surface area contributed by atoms with Crippen LogP contribution in [0.15, 0.2) is 32.4 Å². The Hall–Kier alpha value is -2.00. The van der Waals surface area contributed by atoms with Gasteiger partial charge in [-0.2, -0.15) is 9.78 Å². The molecule has 0 atom stereocenters. The molecule has 0 aliphatic carbocycles. The van der Waals surface area contributed by atoms with E-state index >= 15 is 0 Å². The number of ether oxygens (including phenoxy) is 2. The third kappa shape index (κ3) is 3.03. The number of hydrogen-bond acceptors (Lipinski definition) is 5. The summed E-state index contributed by atoms with van der Waals surface area (Å²) in [7, 11) is 2.72. The molecule has 0 radical (unpaired) electrons. The normalized spacial score (nSPS) is 10.7. The SMILES string of the molecule is COCOc1cc(-n2ncc(=O)n(C)c2=O)c(F)cc1Br. The van der Waals surface area contributed by atoms with Gasteiger partial charge in [0, 0.05) is 20.2 Å². The molecule has 0 saturated carbocycles. The van der Waals surface area contributed by atoms with Gasteiger partial charge in [0.2, 0.25) is 0 Å². The Morgan fingerprint density at radius 1 is 1.38 bits per heavy atom. The fourth-order valence-electron chi connectivity index (χ4n) is 1.56. The molecule has 0 fully saturated rings. The predicted octanol–water partition coefficient (Wildman–Crippen LogP) is 0.815. The molecule has 0 aliphatic rings. The van der Waals surface area contributed by atoms with Crippen LogP contribution in [0.2, 0.25) is 0 Å². The van der Waals surface area contributed by atoms with Gasteiger partial charge in [0.1, 0.15) is 23.5 Å². The molecule has 2 aromatic rings. The molecule has 112 valence electrons. The summed E-state index contributed by atoms with van der Waals surface area (Å²) in [6.07, 6.45) is 0.929. The Balaban J connectivity index is 2.61. The zero-order valence-electron chi connectivity index (χ0n) is 11.2. The maximum atomic E-state index is 14.0. The average molecular weight is 360 g/mol. The van der Waals surface area contributed by atoms with Crippen LogP contribution in [0.25, 0.3) is 5.69 Å². The molecule has 2 rings (SSSR count). The van der Waals surface area contributed by atoms with E-state index in [1.54, 1.807) is 0 Å². The third-order valence-electron chi connectivity index (χ3n) is 2.64. The van der Waals surface area contributed by atoms with Crippen LogP contribution in [-0.4, -0.2) is 28.3 Å². The first-order valence-electron chi connectivity index (χ1n) is 5.72. The van der Waals surface area contributed by atoms with Crippen molar-refractivity contribution in [1.82, 2.24) is 14.3 Å². The van der Waals surface area contributed by atoms with E-state index < -0.39 is 17.1 Å². The van der Waals surface area contributed by atoms with Crippen LogP contribution < -0.4 is 16.0 Å². The lowest BCUT2D eigenvalue weighted by Crippen LogP contribution is -2.38. The number of nitrogens with zero attached hydrogens (tertiary/aromatic N) is 3. The second kappa shape index (κ2) is 6.19. The number of hydrogen-bond donors (Lipinski definition) is 0. The molecular formula is C12H11BrFN3O4. The highest BCUT2D eigenvalue weighted by Gasteiger charge is 2.14. The quantitative estimate of drug-likeness (QED) is 0.755. The minimum absolute atomic E-state index is 0.0424. The zero-order chi connectivity index (χ0) is 15.6. The molecule has 0 aliphatic heterocycles. The Morgan fingerprint density at radius 3 is 2.76 bits per heavy atom. The maximum Gasteiger partial charge on any atom is 0.352 e. The van der Waals surface area contributed by atoms with Gasteiger partial charge in [0.25, 0.3) is 5.56 Å². The highest BCUT2D eigenvalue weighted by molar-refractivity contribution is 9.10. The van der Waals surface area contributed by atoms with Gasteiger partial charge in [-0.15, -0.1) is 0 Å². The highest BCUT2D eigenvalue weighted by atomic mass is 79.9. The van der Waals surface area contributed by atoms with Crippen LogP contribution in [0, 0.1) is 5.82 Å². The molecule has 7 nitrogen and oxygen atoms in total. The van der Waals surface area contributed by atoms with Gasteiger partial charge in [-0.05, 0) is 22.0 Å². The van der Waals surface area contributed by atoms with E-state index in [0.29, 0.717) is 4.47 Å². The Bertz CT molecular complexity index is 787. The van der Waals surface area contributed by atoms with Gasteiger partial charge in [0.15, 0.2) is 6.79 Å². The van der Waals surface area contributed by atoms with Crippen molar-refractivity contribution in [3.8, 4) is 11.4 Å². The van der Waals surface area contributed by atoms with Crippen molar-refractivity contribution in [3.05, 3.63) is 49.5 Å². The first kappa shape index (κ1) is 15.4. The second-order valence-corrected chi connectivity index (χ2v) is 4.88. The smallest absolute Gasteiger partial charge is 0.352 e. The van der Waals surface area contributed by atoms with Crippen molar-refractivity contribution in [2.45, 2.75) is 0 Å². The van der Waals surface area contributed by atoms with Crippen LogP contribution in [-0.2, 0) is 11.8 Å². The summed E-state index contributed by atoms with van der Waals surface area (Å²) in [6.45, 7) is -0.0424. The molecule has 1 aromatic carbocycles. The monoisotopic (exact) mass is 359 g/mol. The van der Waals surface area contributed by atoms with Gasteiger partial charge >= 0.3 is 5.69 Å². The van der Waals surface area contributed by atoms with Crippen molar-refractivity contribution < 1.29 is 13.9 Å². The van der Waals surface area contributed by atoms with Crippen LogP contribution in [0.5, 0.6) is 5.75 Å². The fraction of sp³-hybridized carbons (Fsp3) is 0.250. The van der Waals surface area contributed by atoms with Crippen LogP contribution >= 0.6 is 15.9 Å².